The molecule has 0 radical (unpaired) electrons. The largest absolute Gasteiger partial charge is 0.346 e. The normalized spacial score (nSPS) is 16.7. The van der Waals surface area contributed by atoms with E-state index in [1.54, 1.807) is 29.2 Å². The second-order valence-corrected chi connectivity index (χ2v) is 8.46. The third kappa shape index (κ3) is 5.29. The SMILES string of the molecule is CC(C)CN(C)C(=O)CCCCCN=C1NS(=O)(=O)c2ccccc21. The predicted molar refractivity (Wildman–Crippen MR) is 99.1 cm³/mol. The van der Waals surface area contributed by atoms with Crippen LogP contribution in [-0.2, 0) is 14.8 Å². The van der Waals surface area contributed by atoms with Gasteiger partial charge in [0.05, 0.1) is 4.90 Å². The number of hydrogen-bond acceptors (Lipinski definition) is 4. The van der Waals surface area contributed by atoms with Crippen LogP contribution in [0.4, 0.5) is 0 Å². The van der Waals surface area contributed by atoms with Gasteiger partial charge in [-0.15, -0.1) is 0 Å². The Kier molecular flexibility index (Phi) is 6.58. The van der Waals surface area contributed by atoms with Gasteiger partial charge >= 0.3 is 0 Å². The van der Waals surface area contributed by atoms with Gasteiger partial charge in [-0.05, 0) is 30.9 Å². The first-order valence-corrected chi connectivity index (χ1v) is 10.2. The van der Waals surface area contributed by atoms with E-state index in [1.165, 1.54) is 0 Å². The number of sulfonamides is 1. The molecule has 25 heavy (non-hydrogen) atoms. The van der Waals surface area contributed by atoms with E-state index in [0.29, 0.717) is 30.3 Å². The lowest BCUT2D eigenvalue weighted by atomic mass is 10.1. The van der Waals surface area contributed by atoms with Crippen molar-refractivity contribution in [1.29, 1.82) is 0 Å². The van der Waals surface area contributed by atoms with E-state index in [2.05, 4.69) is 23.6 Å². The van der Waals surface area contributed by atoms with Gasteiger partial charge in [-0.3, -0.25) is 14.5 Å². The van der Waals surface area contributed by atoms with Crippen molar-refractivity contribution >= 4 is 21.8 Å². The molecule has 0 aromatic heterocycles. The highest BCUT2D eigenvalue weighted by atomic mass is 32.2. The van der Waals surface area contributed by atoms with Crippen LogP contribution in [0.2, 0.25) is 0 Å². The van der Waals surface area contributed by atoms with Crippen LogP contribution in [0, 0.1) is 5.92 Å². The third-order valence-corrected chi connectivity index (χ3v) is 5.44. The first kappa shape index (κ1) is 19.4. The molecule has 6 nitrogen and oxygen atoms in total. The van der Waals surface area contributed by atoms with Crippen LogP contribution in [-0.4, -0.2) is 45.2 Å². The first-order valence-electron chi connectivity index (χ1n) is 8.72. The maximum absolute atomic E-state index is 12.0. The van der Waals surface area contributed by atoms with Crippen LogP contribution in [0.25, 0.3) is 0 Å². The van der Waals surface area contributed by atoms with E-state index >= 15 is 0 Å². The zero-order chi connectivity index (χ0) is 18.4. The Hall–Kier alpha value is -1.89. The first-order chi connectivity index (χ1) is 11.8. The molecule has 2 rings (SSSR count). The van der Waals surface area contributed by atoms with Crippen LogP contribution in [0.15, 0.2) is 34.2 Å². The minimum absolute atomic E-state index is 0.178. The molecule has 1 aliphatic rings. The van der Waals surface area contributed by atoms with Crippen molar-refractivity contribution in [2.24, 2.45) is 10.9 Å². The summed E-state index contributed by atoms with van der Waals surface area (Å²) in [6, 6.07) is 6.85. The van der Waals surface area contributed by atoms with Gasteiger partial charge in [0.1, 0.15) is 5.84 Å². The van der Waals surface area contributed by atoms with Crippen LogP contribution < -0.4 is 4.72 Å². The van der Waals surface area contributed by atoms with E-state index in [-0.39, 0.29) is 10.8 Å². The number of nitrogens with zero attached hydrogens (tertiary/aromatic N) is 2. The third-order valence-electron chi connectivity index (χ3n) is 4.05. The van der Waals surface area contributed by atoms with E-state index < -0.39 is 10.0 Å². The average molecular weight is 365 g/mol. The molecule has 0 atom stereocenters. The molecule has 1 amide bonds. The van der Waals surface area contributed by atoms with Crippen molar-refractivity contribution in [3.05, 3.63) is 29.8 Å². The minimum atomic E-state index is -3.46. The van der Waals surface area contributed by atoms with Gasteiger partial charge in [-0.2, -0.15) is 0 Å². The molecule has 7 heteroatoms. The molecule has 1 aromatic carbocycles. The lowest BCUT2D eigenvalue weighted by Crippen LogP contribution is -2.29. The lowest BCUT2D eigenvalue weighted by molar-refractivity contribution is -0.130. The summed E-state index contributed by atoms with van der Waals surface area (Å²) in [5, 5.41) is 0. The fourth-order valence-corrected chi connectivity index (χ4v) is 4.10. The Labute approximate surface area is 150 Å². The van der Waals surface area contributed by atoms with Crippen molar-refractivity contribution in [3.63, 3.8) is 0 Å². The van der Waals surface area contributed by atoms with Crippen LogP contribution in [0.5, 0.6) is 0 Å². The quantitative estimate of drug-likeness (QED) is 0.719. The van der Waals surface area contributed by atoms with Gasteiger partial charge in [0.25, 0.3) is 10.0 Å². The number of carbonyl (C=O) groups is 1. The van der Waals surface area contributed by atoms with Crippen molar-refractivity contribution in [1.82, 2.24) is 9.62 Å². The number of rotatable bonds is 8. The van der Waals surface area contributed by atoms with E-state index in [9.17, 15) is 13.2 Å². The molecule has 1 heterocycles. The van der Waals surface area contributed by atoms with Crippen molar-refractivity contribution in [3.8, 4) is 0 Å². The highest BCUT2D eigenvalue weighted by Gasteiger charge is 2.29. The molecule has 1 aliphatic heterocycles. The highest BCUT2D eigenvalue weighted by Crippen LogP contribution is 2.22. The zero-order valence-electron chi connectivity index (χ0n) is 15.2. The van der Waals surface area contributed by atoms with Crippen molar-refractivity contribution in [2.75, 3.05) is 20.1 Å². The lowest BCUT2D eigenvalue weighted by Gasteiger charge is -2.19. The number of carbonyl (C=O) groups excluding carboxylic acids is 1. The Morgan fingerprint density at radius 1 is 1.20 bits per heavy atom. The van der Waals surface area contributed by atoms with E-state index in [4.69, 9.17) is 0 Å². The molecule has 1 N–H and O–H groups in total. The van der Waals surface area contributed by atoms with Gasteiger partial charge in [-0.1, -0.05) is 32.4 Å². The molecule has 0 saturated heterocycles. The fraction of sp³-hybridized carbons (Fsp3) is 0.556. The molecule has 0 unspecified atom stereocenters. The van der Waals surface area contributed by atoms with Crippen molar-refractivity contribution < 1.29 is 13.2 Å². The van der Waals surface area contributed by atoms with Gasteiger partial charge in [-0.25, -0.2) is 8.42 Å². The average Bonchev–Trinajstić information content (AvgIpc) is 2.81. The number of nitrogens with one attached hydrogen (secondary N) is 1. The summed E-state index contributed by atoms with van der Waals surface area (Å²) in [5.41, 5.74) is 0.632. The summed E-state index contributed by atoms with van der Waals surface area (Å²) in [6.45, 7) is 5.52. The number of fused-ring (bicyclic) bond motifs is 1. The summed E-state index contributed by atoms with van der Waals surface area (Å²) in [5.74, 6) is 1.07. The number of amides is 1. The zero-order valence-corrected chi connectivity index (χ0v) is 16.0. The summed E-state index contributed by atoms with van der Waals surface area (Å²) in [7, 11) is -1.62. The maximum Gasteiger partial charge on any atom is 0.263 e. The Morgan fingerprint density at radius 2 is 1.92 bits per heavy atom. The van der Waals surface area contributed by atoms with Gasteiger partial charge in [0.15, 0.2) is 0 Å². The van der Waals surface area contributed by atoms with Crippen LogP contribution in [0.1, 0.15) is 45.1 Å². The van der Waals surface area contributed by atoms with Crippen molar-refractivity contribution in [2.45, 2.75) is 44.4 Å². The number of aliphatic imine (C=N–C) groups is 1. The molecular weight excluding hydrogens is 338 g/mol. The molecule has 138 valence electrons. The molecule has 0 spiro atoms. The number of benzene rings is 1. The number of amidine groups is 1. The Bertz CT molecular complexity index is 742. The van der Waals surface area contributed by atoms with Gasteiger partial charge < -0.3 is 4.90 Å². The number of unbranched alkanes of at least 4 members (excludes halogenated alkanes) is 2. The second-order valence-electron chi connectivity index (χ2n) is 6.81. The highest BCUT2D eigenvalue weighted by molar-refractivity contribution is 7.90. The van der Waals surface area contributed by atoms with Crippen LogP contribution in [0.3, 0.4) is 0 Å². The molecule has 1 aromatic rings. The van der Waals surface area contributed by atoms with E-state index in [0.717, 1.165) is 25.8 Å². The summed E-state index contributed by atoms with van der Waals surface area (Å²) in [4.78, 5) is 18.4. The Morgan fingerprint density at radius 3 is 2.64 bits per heavy atom. The summed E-state index contributed by atoms with van der Waals surface area (Å²) in [6.07, 6.45) is 3.10. The molecule has 0 saturated carbocycles. The number of hydrogen-bond donors (Lipinski definition) is 1. The smallest absolute Gasteiger partial charge is 0.263 e. The van der Waals surface area contributed by atoms with Crippen LogP contribution >= 0.6 is 0 Å². The second kappa shape index (κ2) is 8.47. The van der Waals surface area contributed by atoms with E-state index in [1.807, 2.05) is 7.05 Å². The summed E-state index contributed by atoms with van der Waals surface area (Å²) < 4.78 is 26.5. The topological polar surface area (TPSA) is 78.8 Å². The molecule has 0 aliphatic carbocycles. The molecule has 0 fully saturated rings. The minimum Gasteiger partial charge on any atom is -0.346 e. The molecular formula is C18H27N3O3S. The van der Waals surface area contributed by atoms with Gasteiger partial charge in [0, 0.05) is 32.1 Å². The maximum atomic E-state index is 12.0. The van der Waals surface area contributed by atoms with Gasteiger partial charge in [0.2, 0.25) is 5.91 Å². The Balaban J connectivity index is 1.75. The summed E-state index contributed by atoms with van der Waals surface area (Å²) >= 11 is 0. The monoisotopic (exact) mass is 365 g/mol. The predicted octanol–water partition coefficient (Wildman–Crippen LogP) is 2.40. The molecule has 0 bridgehead atoms. The fourth-order valence-electron chi connectivity index (χ4n) is 2.85. The standard InChI is InChI=1S/C18H27N3O3S/c1-14(2)13-21(3)17(22)11-5-4-8-12-19-18-15-9-6-7-10-16(15)25(23,24)20-18/h6-7,9-10,14H,4-5,8,11-13H2,1-3H3,(H,19,20).